The number of carboxylic acids is 8. The molecule has 0 radical (unpaired) electrons. The first-order valence-corrected chi connectivity index (χ1v) is 20.2. The minimum Gasteiger partial charge on any atom is -0.550 e. The number of carbonyl (C=O) groups is 8. The van der Waals surface area contributed by atoms with Gasteiger partial charge in [0.05, 0.1) is 0 Å². The minimum absolute atomic E-state index is 0. The van der Waals surface area contributed by atoms with Gasteiger partial charge in [0.1, 0.15) is 0 Å². The van der Waals surface area contributed by atoms with Crippen LogP contribution >= 0.6 is 0 Å². The molecule has 0 aliphatic rings. The zero-order chi connectivity index (χ0) is 43.2. The Hall–Kier alpha value is -2.86. The maximum Gasteiger partial charge on any atom is 4.00 e. The summed E-state index contributed by atoms with van der Waals surface area (Å²) >= 11 is 0. The van der Waals surface area contributed by atoms with Crippen molar-refractivity contribution in [3.05, 3.63) is 0 Å². The topological polar surface area (TPSA) is 310 Å². The Morgan fingerprint density at radius 1 is 0.228 bits per heavy atom. The van der Waals surface area contributed by atoms with Crippen LogP contribution in [0.3, 0.4) is 0 Å². The summed E-state index contributed by atoms with van der Waals surface area (Å²) in [5, 5.41) is 73.5. The predicted molar refractivity (Wildman–Crippen MR) is 198 cm³/mol. The van der Waals surface area contributed by atoms with Crippen molar-refractivity contribution < 1.29 is 121 Å². The molecular weight excluding hydrogens is 877 g/mol. The van der Waals surface area contributed by atoms with Crippen LogP contribution in [-0.4, -0.2) is 68.2 Å². The molecule has 0 aliphatic heterocycles. The van der Waals surface area contributed by atoms with Gasteiger partial charge in [0, 0.05) is 49.6 Å². The molecule has 0 aromatic rings. The second kappa shape index (κ2) is 51.2. The van der Waals surface area contributed by atoms with E-state index in [1.807, 2.05) is 0 Å². The fourth-order valence-electron chi connectivity index (χ4n) is 5.01. The van der Waals surface area contributed by atoms with Gasteiger partial charge < -0.3 is 60.0 Å². The maximum atomic E-state index is 10.1. The summed E-state index contributed by atoms with van der Waals surface area (Å²) in [6.07, 6.45) is 22.1. The van der Waals surface area contributed by atoms with Crippen molar-refractivity contribution in [3.8, 4) is 0 Å². The molecule has 0 unspecified atom stereocenters. The van der Waals surface area contributed by atoms with Crippen molar-refractivity contribution >= 4 is 47.8 Å². The molecule has 4 N–H and O–H groups in total. The Kier molecular flexibility index (Phi) is 56.8. The van der Waals surface area contributed by atoms with Crippen LogP contribution in [0.5, 0.6) is 0 Å². The van der Waals surface area contributed by atoms with Gasteiger partial charge >= 0.3 is 65.6 Å². The van der Waals surface area contributed by atoms with Crippen molar-refractivity contribution in [2.75, 3.05) is 0 Å². The number of aliphatic carboxylic acids is 8. The average Bonchev–Trinajstić information content (AvgIpc) is 3.09. The summed E-state index contributed by atoms with van der Waals surface area (Å²) < 4.78 is 0. The van der Waals surface area contributed by atoms with Gasteiger partial charge in [-0.3, -0.25) is 19.2 Å². The van der Waals surface area contributed by atoms with E-state index >= 15 is 0 Å². The first-order valence-electron chi connectivity index (χ1n) is 20.2. The number of rotatable bonds is 36. The van der Waals surface area contributed by atoms with Crippen LogP contribution in [0.25, 0.3) is 0 Å². The number of hydrogen-bond donors (Lipinski definition) is 4. The fourth-order valence-corrected chi connectivity index (χ4v) is 5.01. The molecular formula is C40H68CeO16. The zero-order valence-electron chi connectivity index (χ0n) is 33.8. The van der Waals surface area contributed by atoms with E-state index in [9.17, 15) is 58.8 Å². The molecule has 0 spiro atoms. The van der Waals surface area contributed by atoms with Crippen LogP contribution in [0.1, 0.15) is 205 Å². The molecule has 57 heavy (non-hydrogen) atoms. The smallest absolute Gasteiger partial charge is 0.550 e. The van der Waals surface area contributed by atoms with Crippen LogP contribution in [0, 0.1) is 41.7 Å². The Morgan fingerprint density at radius 3 is 0.439 bits per heavy atom. The van der Waals surface area contributed by atoms with Crippen molar-refractivity contribution in [1.29, 1.82) is 0 Å². The van der Waals surface area contributed by atoms with E-state index < -0.39 is 47.8 Å². The molecule has 0 heterocycles. The Balaban J connectivity index is -0.000000210. The summed E-state index contributed by atoms with van der Waals surface area (Å²) in [5.41, 5.74) is 0. The third kappa shape index (κ3) is 82.1. The van der Waals surface area contributed by atoms with Gasteiger partial charge in [-0.25, -0.2) is 0 Å². The van der Waals surface area contributed by atoms with Gasteiger partial charge in [0.2, 0.25) is 0 Å². The van der Waals surface area contributed by atoms with Gasteiger partial charge in [-0.05, 0) is 77.0 Å². The fraction of sp³-hybridized carbons (Fsp3) is 0.800. The van der Waals surface area contributed by atoms with Crippen molar-refractivity contribution in [2.24, 2.45) is 0 Å². The molecule has 0 rings (SSSR count). The van der Waals surface area contributed by atoms with E-state index in [2.05, 4.69) is 0 Å². The Bertz CT molecular complexity index is 795. The molecule has 328 valence electrons. The van der Waals surface area contributed by atoms with E-state index in [1.54, 1.807) is 0 Å². The molecule has 16 nitrogen and oxygen atoms in total. The van der Waals surface area contributed by atoms with Crippen LogP contribution < -0.4 is 20.4 Å². The number of carboxylic acid groups (broad SMARTS) is 8. The van der Waals surface area contributed by atoms with E-state index in [0.29, 0.717) is 25.7 Å². The summed E-state index contributed by atoms with van der Waals surface area (Å²) in [6.45, 7) is 0. The van der Waals surface area contributed by atoms with Crippen LogP contribution in [-0.2, 0) is 38.4 Å². The van der Waals surface area contributed by atoms with Crippen LogP contribution in [0.4, 0.5) is 0 Å². The first kappa shape index (κ1) is 63.3. The minimum atomic E-state index is -0.998. The molecule has 0 bridgehead atoms. The second-order valence-electron chi connectivity index (χ2n) is 13.5. The predicted octanol–water partition coefficient (Wildman–Crippen LogP) is 3.77. The molecule has 0 amide bonds. The van der Waals surface area contributed by atoms with E-state index in [4.69, 9.17) is 20.4 Å². The second-order valence-corrected chi connectivity index (χ2v) is 13.5. The maximum absolute atomic E-state index is 10.1. The monoisotopic (exact) mass is 944 g/mol. The molecule has 17 heteroatoms. The van der Waals surface area contributed by atoms with E-state index in [0.717, 1.165) is 128 Å². The molecule has 0 aliphatic carbocycles. The quantitative estimate of drug-likeness (QED) is 0.0650. The molecule has 0 atom stereocenters. The van der Waals surface area contributed by atoms with Gasteiger partial charge in [-0.15, -0.1) is 0 Å². The Labute approximate surface area is 372 Å². The summed E-state index contributed by atoms with van der Waals surface area (Å²) in [4.78, 5) is 80.7. The zero-order valence-corrected chi connectivity index (χ0v) is 37.0. The largest absolute Gasteiger partial charge is 4.00 e. The molecule has 0 saturated carbocycles. The summed E-state index contributed by atoms with van der Waals surface area (Å²) in [7, 11) is 0. The molecule has 0 aromatic heterocycles. The van der Waals surface area contributed by atoms with E-state index in [-0.39, 0.29) is 93.1 Å². The summed E-state index contributed by atoms with van der Waals surface area (Å²) in [5.74, 6) is -6.95. The Morgan fingerprint density at radius 2 is 0.333 bits per heavy atom. The van der Waals surface area contributed by atoms with Gasteiger partial charge in [-0.2, -0.15) is 0 Å². The van der Waals surface area contributed by atoms with Crippen LogP contribution in [0.2, 0.25) is 0 Å². The van der Waals surface area contributed by atoms with Gasteiger partial charge in [-0.1, -0.05) is 103 Å². The van der Waals surface area contributed by atoms with Crippen LogP contribution in [0.15, 0.2) is 0 Å². The van der Waals surface area contributed by atoms with Gasteiger partial charge in [0.25, 0.3) is 0 Å². The van der Waals surface area contributed by atoms with Gasteiger partial charge in [0.15, 0.2) is 0 Å². The molecule has 0 saturated heterocycles. The van der Waals surface area contributed by atoms with Crippen molar-refractivity contribution in [1.82, 2.24) is 0 Å². The SMILES string of the molecule is O=C(O)CCCCCCCCC(=O)O.O=C(O)CCCCCCCCC(=O)O.O=C([O-])CCCCCCCCC(=O)[O-].O=C([O-])CCCCCCCCC(=O)[O-].[Ce+4]. The first-order chi connectivity index (χ1) is 26.5. The number of hydrogen-bond acceptors (Lipinski definition) is 12. The summed E-state index contributed by atoms with van der Waals surface area (Å²) in [6, 6.07) is 0. The average molecular weight is 945 g/mol. The third-order valence-electron chi connectivity index (χ3n) is 8.09. The van der Waals surface area contributed by atoms with E-state index in [1.165, 1.54) is 0 Å². The van der Waals surface area contributed by atoms with Crippen molar-refractivity contribution in [2.45, 2.75) is 205 Å². The normalized spacial score (nSPS) is 9.82. The number of carbonyl (C=O) groups excluding carboxylic acids is 4. The standard InChI is InChI=1S/4C10H18O4.Ce/c4*11-9(12)7-5-3-1-2-4-6-8-10(13)14;/h4*1-8H2,(H,11,12)(H,13,14);/q;;;;+4/p-4. The third-order valence-corrected chi connectivity index (χ3v) is 8.09. The molecule has 0 fully saturated rings. The van der Waals surface area contributed by atoms with Crippen molar-refractivity contribution in [3.63, 3.8) is 0 Å². The molecule has 0 aromatic carbocycles. The number of unbranched alkanes of at least 4 members (excludes halogenated alkanes) is 20.